The van der Waals surface area contributed by atoms with Crippen LogP contribution in [0.2, 0.25) is 0 Å². The van der Waals surface area contributed by atoms with Crippen molar-refractivity contribution in [2.75, 3.05) is 6.54 Å². The van der Waals surface area contributed by atoms with Gasteiger partial charge in [-0.25, -0.2) is 0 Å². The third kappa shape index (κ3) is 2.33. The molecule has 1 nitrogen and oxygen atoms in total. The molecule has 0 aromatic heterocycles. The summed E-state index contributed by atoms with van der Waals surface area (Å²) < 4.78 is 0. The maximum atomic E-state index is 5.45. The highest BCUT2D eigenvalue weighted by atomic mass is 14.5. The largest absolute Gasteiger partial charge is 0.330 e. The highest BCUT2D eigenvalue weighted by Gasteiger charge is 2.17. The third-order valence-corrected chi connectivity index (χ3v) is 2.61. The van der Waals surface area contributed by atoms with Crippen molar-refractivity contribution in [3.8, 4) is 0 Å². The Balaban J connectivity index is 2.42. The van der Waals surface area contributed by atoms with Crippen molar-refractivity contribution in [2.45, 2.75) is 39.0 Å². The maximum Gasteiger partial charge on any atom is -0.00425 e. The van der Waals surface area contributed by atoms with E-state index in [4.69, 9.17) is 5.73 Å². The molecule has 1 unspecified atom stereocenters. The molecule has 0 spiro atoms. The average Bonchev–Trinajstić information content (AvgIpc) is 2.47. The molecule has 64 valence electrons. The van der Waals surface area contributed by atoms with E-state index in [9.17, 15) is 0 Å². The molecule has 11 heavy (non-hydrogen) atoms. The second kappa shape index (κ2) is 4.55. The Labute approximate surface area is 69.7 Å². The quantitative estimate of drug-likeness (QED) is 0.619. The van der Waals surface area contributed by atoms with E-state index in [1.807, 2.05) is 0 Å². The zero-order valence-corrected chi connectivity index (χ0v) is 7.47. The van der Waals surface area contributed by atoms with Crippen molar-refractivity contribution >= 4 is 0 Å². The van der Waals surface area contributed by atoms with E-state index in [-0.39, 0.29) is 0 Å². The summed E-state index contributed by atoms with van der Waals surface area (Å²) in [5, 5.41) is 0. The van der Waals surface area contributed by atoms with Gasteiger partial charge in [0.25, 0.3) is 0 Å². The zero-order valence-electron chi connectivity index (χ0n) is 7.47. The van der Waals surface area contributed by atoms with E-state index in [1.165, 1.54) is 25.7 Å². The second-order valence-corrected chi connectivity index (χ2v) is 3.35. The van der Waals surface area contributed by atoms with Crippen LogP contribution in [0.25, 0.3) is 0 Å². The Hall–Kier alpha value is -0.300. The van der Waals surface area contributed by atoms with Crippen molar-refractivity contribution in [1.29, 1.82) is 0 Å². The SMILES string of the molecule is CCC1CCCC1=CCCN. The molecule has 0 aromatic rings. The van der Waals surface area contributed by atoms with Crippen molar-refractivity contribution in [2.24, 2.45) is 11.7 Å². The van der Waals surface area contributed by atoms with E-state index in [2.05, 4.69) is 13.0 Å². The molecule has 0 radical (unpaired) electrons. The van der Waals surface area contributed by atoms with Gasteiger partial charge in [0.1, 0.15) is 0 Å². The van der Waals surface area contributed by atoms with Gasteiger partial charge in [0.2, 0.25) is 0 Å². The van der Waals surface area contributed by atoms with Gasteiger partial charge >= 0.3 is 0 Å². The molecule has 1 heteroatoms. The number of allylic oxidation sites excluding steroid dienone is 1. The van der Waals surface area contributed by atoms with Crippen molar-refractivity contribution in [1.82, 2.24) is 0 Å². The van der Waals surface area contributed by atoms with Gasteiger partial charge < -0.3 is 5.73 Å². The lowest BCUT2D eigenvalue weighted by atomic mass is 9.99. The molecular weight excluding hydrogens is 134 g/mol. The van der Waals surface area contributed by atoms with Gasteiger partial charge in [-0.15, -0.1) is 0 Å². The molecule has 1 aliphatic rings. The first-order valence-electron chi connectivity index (χ1n) is 4.77. The number of nitrogens with two attached hydrogens (primary N) is 1. The average molecular weight is 153 g/mol. The lowest BCUT2D eigenvalue weighted by molar-refractivity contribution is 0.604. The van der Waals surface area contributed by atoms with E-state index in [1.54, 1.807) is 5.57 Å². The Kier molecular flexibility index (Phi) is 3.64. The minimum absolute atomic E-state index is 0.805. The molecular formula is C10H19N. The molecule has 1 atom stereocenters. The lowest BCUT2D eigenvalue weighted by Crippen LogP contribution is -1.98. The van der Waals surface area contributed by atoms with Crippen molar-refractivity contribution in [3.63, 3.8) is 0 Å². The number of hydrogen-bond donors (Lipinski definition) is 1. The Morgan fingerprint density at radius 3 is 3.09 bits per heavy atom. The molecule has 1 saturated carbocycles. The second-order valence-electron chi connectivity index (χ2n) is 3.35. The normalized spacial score (nSPS) is 28.2. The summed E-state index contributed by atoms with van der Waals surface area (Å²) in [6, 6.07) is 0. The Morgan fingerprint density at radius 1 is 1.64 bits per heavy atom. The van der Waals surface area contributed by atoms with Crippen LogP contribution in [0.15, 0.2) is 11.6 Å². The molecule has 1 aliphatic carbocycles. The highest BCUT2D eigenvalue weighted by Crippen LogP contribution is 2.33. The van der Waals surface area contributed by atoms with Gasteiger partial charge in [0.05, 0.1) is 0 Å². The van der Waals surface area contributed by atoms with E-state index < -0.39 is 0 Å². The first kappa shape index (κ1) is 8.79. The third-order valence-electron chi connectivity index (χ3n) is 2.61. The lowest BCUT2D eigenvalue weighted by Gasteiger charge is -2.07. The molecule has 0 saturated heterocycles. The van der Waals surface area contributed by atoms with Crippen LogP contribution in [0.3, 0.4) is 0 Å². The molecule has 0 heterocycles. The Bertz CT molecular complexity index is 138. The first-order chi connectivity index (χ1) is 5.38. The van der Waals surface area contributed by atoms with Gasteiger partial charge in [-0.3, -0.25) is 0 Å². The summed E-state index contributed by atoms with van der Waals surface area (Å²) in [4.78, 5) is 0. The molecule has 1 fully saturated rings. The summed E-state index contributed by atoms with van der Waals surface area (Å²) in [5.41, 5.74) is 7.13. The van der Waals surface area contributed by atoms with Gasteiger partial charge in [0, 0.05) is 0 Å². The van der Waals surface area contributed by atoms with Gasteiger partial charge in [-0.05, 0) is 44.6 Å². The summed E-state index contributed by atoms with van der Waals surface area (Å²) in [6.45, 7) is 3.09. The monoisotopic (exact) mass is 153 g/mol. The van der Waals surface area contributed by atoms with E-state index in [0.717, 1.165) is 18.9 Å². The molecule has 0 aliphatic heterocycles. The summed E-state index contributed by atoms with van der Waals surface area (Å²) >= 11 is 0. The number of rotatable bonds is 3. The molecule has 0 amide bonds. The highest BCUT2D eigenvalue weighted by molar-refractivity contribution is 5.10. The molecule has 0 bridgehead atoms. The van der Waals surface area contributed by atoms with E-state index in [0.29, 0.717) is 0 Å². The van der Waals surface area contributed by atoms with Crippen molar-refractivity contribution in [3.05, 3.63) is 11.6 Å². The predicted molar refractivity (Wildman–Crippen MR) is 49.4 cm³/mol. The zero-order chi connectivity index (χ0) is 8.10. The maximum absolute atomic E-state index is 5.45. The summed E-state index contributed by atoms with van der Waals surface area (Å²) in [6.07, 6.45) is 8.89. The van der Waals surface area contributed by atoms with Crippen LogP contribution in [0.4, 0.5) is 0 Å². The Morgan fingerprint density at radius 2 is 2.45 bits per heavy atom. The van der Waals surface area contributed by atoms with Crippen LogP contribution >= 0.6 is 0 Å². The van der Waals surface area contributed by atoms with Crippen LogP contribution in [-0.2, 0) is 0 Å². The van der Waals surface area contributed by atoms with Gasteiger partial charge in [0.15, 0.2) is 0 Å². The fraction of sp³-hybridized carbons (Fsp3) is 0.800. The molecule has 2 N–H and O–H groups in total. The fourth-order valence-electron chi connectivity index (χ4n) is 1.95. The van der Waals surface area contributed by atoms with Crippen molar-refractivity contribution < 1.29 is 0 Å². The van der Waals surface area contributed by atoms with Crippen LogP contribution in [0, 0.1) is 5.92 Å². The summed E-state index contributed by atoms with van der Waals surface area (Å²) in [5.74, 6) is 0.890. The number of hydrogen-bond acceptors (Lipinski definition) is 1. The standard InChI is InChI=1S/C10H19N/c1-2-9-5-3-6-10(9)7-4-8-11/h7,9H,2-6,8,11H2,1H3. The van der Waals surface area contributed by atoms with Gasteiger partial charge in [-0.2, -0.15) is 0 Å². The van der Waals surface area contributed by atoms with Crippen LogP contribution < -0.4 is 5.73 Å². The first-order valence-corrected chi connectivity index (χ1v) is 4.77. The van der Waals surface area contributed by atoms with Gasteiger partial charge in [-0.1, -0.05) is 18.6 Å². The smallest absolute Gasteiger partial charge is 0.00425 e. The topological polar surface area (TPSA) is 26.0 Å². The molecule has 0 aromatic carbocycles. The summed E-state index contributed by atoms with van der Waals surface area (Å²) in [7, 11) is 0. The minimum atomic E-state index is 0.805. The van der Waals surface area contributed by atoms with Crippen LogP contribution in [0.5, 0.6) is 0 Å². The van der Waals surface area contributed by atoms with E-state index >= 15 is 0 Å². The fourth-order valence-corrected chi connectivity index (χ4v) is 1.95. The van der Waals surface area contributed by atoms with Crippen LogP contribution in [-0.4, -0.2) is 6.54 Å². The molecule has 1 rings (SSSR count). The van der Waals surface area contributed by atoms with Crippen LogP contribution in [0.1, 0.15) is 39.0 Å². The minimum Gasteiger partial charge on any atom is -0.330 e. The predicted octanol–water partition coefficient (Wildman–Crippen LogP) is 2.47.